The van der Waals surface area contributed by atoms with Gasteiger partial charge in [0, 0.05) is 22.8 Å². The normalized spacial score (nSPS) is 11.0. The maximum atomic E-state index is 11.9. The van der Waals surface area contributed by atoms with Gasteiger partial charge in [-0.1, -0.05) is 15.9 Å². The molecule has 0 aliphatic heterocycles. The quantitative estimate of drug-likeness (QED) is 0.639. The van der Waals surface area contributed by atoms with E-state index in [1.165, 1.54) is 0 Å². The lowest BCUT2D eigenvalue weighted by atomic mass is 10.1. The van der Waals surface area contributed by atoms with Gasteiger partial charge in [0.1, 0.15) is 0 Å². The first kappa shape index (κ1) is 12.8. The van der Waals surface area contributed by atoms with Crippen LogP contribution in [0.3, 0.4) is 0 Å². The Kier molecular flexibility index (Phi) is 4.10. The number of carbonyl (C=O) groups is 1. The lowest BCUT2D eigenvalue weighted by Crippen LogP contribution is -1.99. The zero-order valence-corrected chi connectivity index (χ0v) is 11.6. The van der Waals surface area contributed by atoms with Crippen LogP contribution < -0.4 is 0 Å². The maximum Gasteiger partial charge on any atom is 0.185 e. The molecule has 0 saturated heterocycles. The van der Waals surface area contributed by atoms with Gasteiger partial charge in [-0.05, 0) is 49.4 Å². The number of carbonyl (C=O) groups excluding carboxylic acids is 1. The predicted octanol–water partition coefficient (Wildman–Crippen LogP) is 3.56. The molecule has 18 heavy (non-hydrogen) atoms. The number of benzene rings is 1. The minimum absolute atomic E-state index is 0.00801. The van der Waals surface area contributed by atoms with Crippen molar-refractivity contribution < 1.29 is 4.79 Å². The number of rotatable bonds is 4. The van der Waals surface area contributed by atoms with Gasteiger partial charge in [0.2, 0.25) is 0 Å². The van der Waals surface area contributed by atoms with E-state index >= 15 is 0 Å². The van der Waals surface area contributed by atoms with E-state index in [0.29, 0.717) is 5.56 Å². The lowest BCUT2D eigenvalue weighted by molar-refractivity contribution is 0.104. The van der Waals surface area contributed by atoms with Crippen molar-refractivity contribution in [1.82, 2.24) is 9.78 Å². The first-order chi connectivity index (χ1) is 8.70. The second-order valence-corrected chi connectivity index (χ2v) is 4.69. The fourth-order valence-corrected chi connectivity index (χ4v) is 1.88. The monoisotopic (exact) mass is 304 g/mol. The molecular weight excluding hydrogens is 292 g/mol. The van der Waals surface area contributed by atoms with Crippen molar-refractivity contribution in [3.63, 3.8) is 0 Å². The molecule has 92 valence electrons. The average molecular weight is 305 g/mol. The fourth-order valence-electron chi connectivity index (χ4n) is 1.62. The van der Waals surface area contributed by atoms with Gasteiger partial charge in [0.25, 0.3) is 0 Å². The van der Waals surface area contributed by atoms with E-state index in [4.69, 9.17) is 0 Å². The molecule has 2 rings (SSSR count). The topological polar surface area (TPSA) is 34.9 Å². The van der Waals surface area contributed by atoms with Gasteiger partial charge in [-0.3, -0.25) is 9.48 Å². The van der Waals surface area contributed by atoms with Gasteiger partial charge in [-0.2, -0.15) is 5.10 Å². The van der Waals surface area contributed by atoms with E-state index in [1.54, 1.807) is 30.5 Å². The van der Waals surface area contributed by atoms with Crippen molar-refractivity contribution in [2.24, 2.45) is 0 Å². The molecule has 1 heterocycles. The SMILES string of the molecule is CCn1nccc1/C=C/C(=O)c1ccc(Br)cc1. The third-order valence-corrected chi connectivity index (χ3v) is 3.11. The van der Waals surface area contributed by atoms with Crippen LogP contribution in [0, 0.1) is 0 Å². The van der Waals surface area contributed by atoms with Crippen LogP contribution in [0.15, 0.2) is 47.1 Å². The molecule has 4 heteroatoms. The van der Waals surface area contributed by atoms with Crippen molar-refractivity contribution in [2.45, 2.75) is 13.5 Å². The molecule has 2 aromatic rings. The first-order valence-corrected chi connectivity index (χ1v) is 6.50. The second-order valence-electron chi connectivity index (χ2n) is 3.78. The van der Waals surface area contributed by atoms with Crippen LogP contribution in [0.2, 0.25) is 0 Å². The van der Waals surface area contributed by atoms with Gasteiger partial charge in [0.05, 0.1) is 5.69 Å². The van der Waals surface area contributed by atoms with Crippen molar-refractivity contribution in [1.29, 1.82) is 0 Å². The standard InChI is InChI=1S/C14H13BrN2O/c1-2-17-13(9-10-16-17)7-8-14(18)11-3-5-12(15)6-4-11/h3-10H,2H2,1H3/b8-7+. The van der Waals surface area contributed by atoms with E-state index in [9.17, 15) is 4.79 Å². The summed E-state index contributed by atoms with van der Waals surface area (Å²) in [5.41, 5.74) is 1.61. The summed E-state index contributed by atoms with van der Waals surface area (Å²) in [5, 5.41) is 4.14. The number of nitrogens with zero attached hydrogens (tertiary/aromatic N) is 2. The molecule has 0 atom stereocenters. The van der Waals surface area contributed by atoms with Crippen molar-refractivity contribution in [3.05, 3.63) is 58.3 Å². The predicted molar refractivity (Wildman–Crippen MR) is 75.4 cm³/mol. The molecule has 0 saturated carbocycles. The highest BCUT2D eigenvalue weighted by molar-refractivity contribution is 9.10. The fraction of sp³-hybridized carbons (Fsp3) is 0.143. The Hall–Kier alpha value is -1.68. The summed E-state index contributed by atoms with van der Waals surface area (Å²) in [7, 11) is 0. The van der Waals surface area contributed by atoms with Crippen LogP contribution in [0.1, 0.15) is 23.0 Å². The largest absolute Gasteiger partial charge is 0.289 e. The zero-order chi connectivity index (χ0) is 13.0. The summed E-state index contributed by atoms with van der Waals surface area (Å²) in [5.74, 6) is -0.00801. The number of aryl methyl sites for hydroxylation is 1. The molecule has 3 nitrogen and oxygen atoms in total. The number of aromatic nitrogens is 2. The van der Waals surface area contributed by atoms with Gasteiger partial charge in [-0.25, -0.2) is 0 Å². The summed E-state index contributed by atoms with van der Waals surface area (Å²) in [4.78, 5) is 11.9. The molecule has 0 aliphatic rings. The van der Waals surface area contributed by atoms with E-state index in [-0.39, 0.29) is 5.78 Å². The summed E-state index contributed by atoms with van der Waals surface area (Å²) >= 11 is 3.34. The summed E-state index contributed by atoms with van der Waals surface area (Å²) in [6.45, 7) is 2.81. The van der Waals surface area contributed by atoms with E-state index in [2.05, 4.69) is 21.0 Å². The second kappa shape index (κ2) is 5.78. The Labute approximate surface area is 114 Å². The van der Waals surface area contributed by atoms with Crippen LogP contribution in [-0.4, -0.2) is 15.6 Å². The highest BCUT2D eigenvalue weighted by Crippen LogP contribution is 2.12. The number of hydrogen-bond acceptors (Lipinski definition) is 2. The Morgan fingerprint density at radius 1 is 1.33 bits per heavy atom. The summed E-state index contributed by atoms with van der Waals surface area (Å²) in [6, 6.07) is 9.20. The van der Waals surface area contributed by atoms with Crippen LogP contribution in [0.25, 0.3) is 6.08 Å². The minimum atomic E-state index is -0.00801. The highest BCUT2D eigenvalue weighted by Gasteiger charge is 2.02. The Morgan fingerprint density at radius 2 is 2.06 bits per heavy atom. The van der Waals surface area contributed by atoms with Crippen molar-refractivity contribution in [2.75, 3.05) is 0 Å². The first-order valence-electron chi connectivity index (χ1n) is 5.70. The van der Waals surface area contributed by atoms with Gasteiger partial charge in [-0.15, -0.1) is 0 Å². The molecule has 0 spiro atoms. The summed E-state index contributed by atoms with van der Waals surface area (Å²) in [6.07, 6.45) is 5.10. The molecule has 1 aromatic heterocycles. The van der Waals surface area contributed by atoms with Crippen LogP contribution in [0.5, 0.6) is 0 Å². The van der Waals surface area contributed by atoms with E-state index in [1.807, 2.05) is 29.8 Å². The van der Waals surface area contributed by atoms with Crippen LogP contribution in [-0.2, 0) is 6.54 Å². The van der Waals surface area contributed by atoms with Crippen molar-refractivity contribution >= 4 is 27.8 Å². The number of allylic oxidation sites excluding steroid dienone is 1. The number of hydrogen-bond donors (Lipinski definition) is 0. The third-order valence-electron chi connectivity index (χ3n) is 2.58. The molecule has 0 amide bonds. The van der Waals surface area contributed by atoms with Crippen molar-refractivity contribution in [3.8, 4) is 0 Å². The zero-order valence-electron chi connectivity index (χ0n) is 10.0. The molecular formula is C14H13BrN2O. The molecule has 1 aromatic carbocycles. The van der Waals surface area contributed by atoms with Gasteiger partial charge >= 0.3 is 0 Å². The van der Waals surface area contributed by atoms with E-state index < -0.39 is 0 Å². The Bertz CT molecular complexity index is 570. The molecule has 0 fully saturated rings. The summed E-state index contributed by atoms with van der Waals surface area (Å²) < 4.78 is 2.80. The smallest absolute Gasteiger partial charge is 0.185 e. The lowest BCUT2D eigenvalue weighted by Gasteiger charge is -1.99. The Balaban J connectivity index is 2.14. The number of ketones is 1. The molecule has 0 bridgehead atoms. The molecule has 0 unspecified atom stereocenters. The Morgan fingerprint density at radius 3 is 2.72 bits per heavy atom. The minimum Gasteiger partial charge on any atom is -0.289 e. The molecule has 0 N–H and O–H groups in total. The molecule has 0 radical (unpaired) electrons. The van der Waals surface area contributed by atoms with Gasteiger partial charge in [0.15, 0.2) is 5.78 Å². The maximum absolute atomic E-state index is 11.9. The molecule has 0 aliphatic carbocycles. The van der Waals surface area contributed by atoms with E-state index in [0.717, 1.165) is 16.7 Å². The van der Waals surface area contributed by atoms with Crippen LogP contribution in [0.4, 0.5) is 0 Å². The third kappa shape index (κ3) is 2.96. The van der Waals surface area contributed by atoms with Gasteiger partial charge < -0.3 is 0 Å². The van der Waals surface area contributed by atoms with Crippen LogP contribution >= 0.6 is 15.9 Å². The number of halogens is 1. The highest BCUT2D eigenvalue weighted by atomic mass is 79.9. The average Bonchev–Trinajstić information content (AvgIpc) is 2.84.